The van der Waals surface area contributed by atoms with Crippen LogP contribution < -0.4 is 5.73 Å². The first-order chi connectivity index (χ1) is 9.85. The predicted octanol–water partition coefficient (Wildman–Crippen LogP) is 1.44. The molecule has 1 aliphatic rings. The molecule has 106 valence electrons. The standard InChI is InChI=1S/C15H21N5/c16-9-13-5-4-8-19(11-13)12-14-10-17-20(18-14)15-6-2-1-3-7-15/h1-3,6-7,10,13H,4-5,8-9,11-12,16H2. The molecule has 0 bridgehead atoms. The molecule has 2 aromatic rings. The van der Waals surface area contributed by atoms with Gasteiger partial charge in [-0.1, -0.05) is 18.2 Å². The lowest BCUT2D eigenvalue weighted by molar-refractivity contribution is 0.169. The quantitative estimate of drug-likeness (QED) is 0.914. The minimum atomic E-state index is 0.632. The number of nitrogens with two attached hydrogens (primary N) is 1. The molecule has 1 aliphatic heterocycles. The molecule has 2 heterocycles. The summed E-state index contributed by atoms with van der Waals surface area (Å²) >= 11 is 0. The summed E-state index contributed by atoms with van der Waals surface area (Å²) in [5.41, 5.74) is 7.80. The number of aromatic nitrogens is 3. The normalized spacial score (nSPS) is 20.1. The van der Waals surface area contributed by atoms with Crippen LogP contribution in [-0.2, 0) is 6.54 Å². The maximum Gasteiger partial charge on any atom is 0.0971 e. The summed E-state index contributed by atoms with van der Waals surface area (Å²) in [6, 6.07) is 10.0. The molecule has 1 unspecified atom stereocenters. The van der Waals surface area contributed by atoms with Gasteiger partial charge >= 0.3 is 0 Å². The fraction of sp³-hybridized carbons (Fsp3) is 0.467. The van der Waals surface area contributed by atoms with E-state index in [1.165, 1.54) is 12.8 Å². The lowest BCUT2D eigenvalue weighted by atomic mass is 9.98. The summed E-state index contributed by atoms with van der Waals surface area (Å²) in [6.07, 6.45) is 4.34. The van der Waals surface area contributed by atoms with E-state index in [0.29, 0.717) is 5.92 Å². The van der Waals surface area contributed by atoms with Gasteiger partial charge in [-0.25, -0.2) is 0 Å². The Bertz CT molecular complexity index is 536. The largest absolute Gasteiger partial charge is 0.330 e. The molecule has 1 fully saturated rings. The summed E-state index contributed by atoms with van der Waals surface area (Å²) < 4.78 is 0. The number of benzene rings is 1. The van der Waals surface area contributed by atoms with E-state index in [9.17, 15) is 0 Å². The first-order valence-electron chi connectivity index (χ1n) is 7.24. The molecule has 1 atom stereocenters. The van der Waals surface area contributed by atoms with E-state index in [1.807, 2.05) is 36.5 Å². The molecule has 0 spiro atoms. The highest BCUT2D eigenvalue weighted by atomic mass is 15.5. The lowest BCUT2D eigenvalue weighted by Crippen LogP contribution is -2.37. The van der Waals surface area contributed by atoms with Crippen LogP contribution in [-0.4, -0.2) is 39.5 Å². The van der Waals surface area contributed by atoms with Crippen molar-refractivity contribution in [2.75, 3.05) is 19.6 Å². The number of para-hydroxylation sites is 1. The van der Waals surface area contributed by atoms with Crippen LogP contribution in [0.2, 0.25) is 0 Å². The maximum atomic E-state index is 5.78. The van der Waals surface area contributed by atoms with Crippen LogP contribution in [0.15, 0.2) is 36.5 Å². The Morgan fingerprint density at radius 3 is 2.90 bits per heavy atom. The van der Waals surface area contributed by atoms with Crippen LogP contribution in [0.4, 0.5) is 0 Å². The van der Waals surface area contributed by atoms with Crippen molar-refractivity contribution in [3.63, 3.8) is 0 Å². The predicted molar refractivity (Wildman–Crippen MR) is 78.4 cm³/mol. The van der Waals surface area contributed by atoms with Gasteiger partial charge in [0.1, 0.15) is 0 Å². The van der Waals surface area contributed by atoms with Crippen molar-refractivity contribution < 1.29 is 0 Å². The number of hydrogen-bond donors (Lipinski definition) is 1. The molecule has 5 nitrogen and oxygen atoms in total. The molecule has 2 N–H and O–H groups in total. The first-order valence-corrected chi connectivity index (χ1v) is 7.24. The summed E-state index contributed by atoms with van der Waals surface area (Å²) in [5, 5.41) is 8.90. The number of likely N-dealkylation sites (tertiary alicyclic amines) is 1. The van der Waals surface area contributed by atoms with Gasteiger partial charge in [0.15, 0.2) is 0 Å². The van der Waals surface area contributed by atoms with Crippen molar-refractivity contribution >= 4 is 0 Å². The maximum absolute atomic E-state index is 5.78. The zero-order chi connectivity index (χ0) is 13.8. The zero-order valence-electron chi connectivity index (χ0n) is 11.7. The van der Waals surface area contributed by atoms with E-state index < -0.39 is 0 Å². The molecule has 1 saturated heterocycles. The highest BCUT2D eigenvalue weighted by molar-refractivity contribution is 5.28. The molecule has 0 aliphatic carbocycles. The Balaban J connectivity index is 1.65. The third-order valence-electron chi connectivity index (χ3n) is 3.85. The van der Waals surface area contributed by atoms with Gasteiger partial charge in [0.05, 0.1) is 17.6 Å². The summed E-state index contributed by atoms with van der Waals surface area (Å²) in [7, 11) is 0. The van der Waals surface area contributed by atoms with Gasteiger partial charge in [0.25, 0.3) is 0 Å². The van der Waals surface area contributed by atoms with Gasteiger partial charge in [-0.3, -0.25) is 4.90 Å². The van der Waals surface area contributed by atoms with Gasteiger partial charge < -0.3 is 5.73 Å². The van der Waals surface area contributed by atoms with Crippen LogP contribution in [0.5, 0.6) is 0 Å². The van der Waals surface area contributed by atoms with Gasteiger partial charge in [-0.2, -0.15) is 15.0 Å². The molecule has 3 rings (SSSR count). The van der Waals surface area contributed by atoms with E-state index in [2.05, 4.69) is 15.1 Å². The van der Waals surface area contributed by atoms with E-state index in [4.69, 9.17) is 5.73 Å². The van der Waals surface area contributed by atoms with Gasteiger partial charge in [0.2, 0.25) is 0 Å². The van der Waals surface area contributed by atoms with Crippen LogP contribution in [0.25, 0.3) is 5.69 Å². The average Bonchev–Trinajstić information content (AvgIpc) is 2.97. The van der Waals surface area contributed by atoms with E-state index >= 15 is 0 Å². The Labute approximate surface area is 119 Å². The third-order valence-corrected chi connectivity index (χ3v) is 3.85. The van der Waals surface area contributed by atoms with E-state index in [-0.39, 0.29) is 0 Å². The zero-order valence-corrected chi connectivity index (χ0v) is 11.7. The van der Waals surface area contributed by atoms with Crippen LogP contribution in [0.1, 0.15) is 18.5 Å². The summed E-state index contributed by atoms with van der Waals surface area (Å²) in [6.45, 7) is 3.86. The molecule has 20 heavy (non-hydrogen) atoms. The van der Waals surface area contributed by atoms with Crippen molar-refractivity contribution in [2.24, 2.45) is 11.7 Å². The highest BCUT2D eigenvalue weighted by Crippen LogP contribution is 2.17. The van der Waals surface area contributed by atoms with Gasteiger partial charge in [-0.05, 0) is 44.0 Å². The molecule has 0 amide bonds. The summed E-state index contributed by atoms with van der Waals surface area (Å²) in [5.74, 6) is 0.632. The average molecular weight is 271 g/mol. The van der Waals surface area contributed by atoms with Crippen LogP contribution in [0, 0.1) is 5.92 Å². The van der Waals surface area contributed by atoms with Crippen molar-refractivity contribution in [3.8, 4) is 5.69 Å². The number of nitrogens with zero attached hydrogens (tertiary/aromatic N) is 4. The molecule has 5 heteroatoms. The molecule has 0 saturated carbocycles. The molecular weight excluding hydrogens is 250 g/mol. The fourth-order valence-corrected chi connectivity index (χ4v) is 2.77. The molecule has 1 aromatic carbocycles. The Kier molecular flexibility index (Phi) is 4.08. The number of rotatable bonds is 4. The van der Waals surface area contributed by atoms with Crippen molar-refractivity contribution in [1.82, 2.24) is 19.9 Å². The lowest BCUT2D eigenvalue weighted by Gasteiger charge is -2.31. The number of piperidine rings is 1. The van der Waals surface area contributed by atoms with E-state index in [1.54, 1.807) is 4.80 Å². The van der Waals surface area contributed by atoms with E-state index in [0.717, 1.165) is 37.6 Å². The monoisotopic (exact) mass is 271 g/mol. The number of hydrogen-bond acceptors (Lipinski definition) is 4. The van der Waals surface area contributed by atoms with Crippen LogP contribution >= 0.6 is 0 Å². The van der Waals surface area contributed by atoms with Gasteiger partial charge in [-0.15, -0.1) is 0 Å². The fourth-order valence-electron chi connectivity index (χ4n) is 2.77. The Morgan fingerprint density at radius 1 is 1.25 bits per heavy atom. The van der Waals surface area contributed by atoms with Gasteiger partial charge in [0, 0.05) is 13.1 Å². The minimum absolute atomic E-state index is 0.632. The van der Waals surface area contributed by atoms with Crippen LogP contribution in [0.3, 0.4) is 0 Å². The first kappa shape index (κ1) is 13.3. The topological polar surface area (TPSA) is 60.0 Å². The van der Waals surface area contributed by atoms with Crippen molar-refractivity contribution in [3.05, 3.63) is 42.2 Å². The smallest absolute Gasteiger partial charge is 0.0971 e. The molecular formula is C15H21N5. The second kappa shape index (κ2) is 6.15. The Morgan fingerprint density at radius 2 is 2.10 bits per heavy atom. The third kappa shape index (κ3) is 3.05. The Hall–Kier alpha value is -1.72. The van der Waals surface area contributed by atoms with Crippen molar-refractivity contribution in [1.29, 1.82) is 0 Å². The second-order valence-electron chi connectivity index (χ2n) is 5.44. The van der Waals surface area contributed by atoms with Crippen molar-refractivity contribution in [2.45, 2.75) is 19.4 Å². The minimum Gasteiger partial charge on any atom is -0.330 e. The SMILES string of the molecule is NCC1CCCN(Cc2cnn(-c3ccccc3)n2)C1. The molecule has 1 aromatic heterocycles. The highest BCUT2D eigenvalue weighted by Gasteiger charge is 2.19. The second-order valence-corrected chi connectivity index (χ2v) is 5.44. The molecule has 0 radical (unpaired) electrons. The summed E-state index contributed by atoms with van der Waals surface area (Å²) in [4.78, 5) is 4.13.